The molecule has 0 bridgehead atoms. The number of ether oxygens (including phenoxy) is 1. The third-order valence-corrected chi connectivity index (χ3v) is 5.36. The van der Waals surface area contributed by atoms with E-state index in [1.807, 2.05) is 54.6 Å². The highest BCUT2D eigenvalue weighted by Crippen LogP contribution is 2.42. The molecule has 1 atom stereocenters. The summed E-state index contributed by atoms with van der Waals surface area (Å²) >= 11 is 0. The summed E-state index contributed by atoms with van der Waals surface area (Å²) < 4.78 is 5.20. The van der Waals surface area contributed by atoms with Crippen molar-refractivity contribution in [2.45, 2.75) is 25.2 Å². The number of fused-ring (bicyclic) bond motifs is 1. The predicted molar refractivity (Wildman–Crippen MR) is 110 cm³/mol. The van der Waals surface area contributed by atoms with E-state index in [0.29, 0.717) is 30.2 Å². The molecule has 0 saturated heterocycles. The van der Waals surface area contributed by atoms with Crippen LogP contribution in [0.2, 0.25) is 0 Å². The van der Waals surface area contributed by atoms with E-state index in [9.17, 15) is 9.59 Å². The normalized spacial score (nSPS) is 14.6. The number of hydrogen-bond acceptors (Lipinski definition) is 3. The maximum absolute atomic E-state index is 12.8. The Kier molecular flexibility index (Phi) is 5.15. The van der Waals surface area contributed by atoms with Crippen LogP contribution in [0.25, 0.3) is 10.9 Å². The van der Waals surface area contributed by atoms with Crippen molar-refractivity contribution < 1.29 is 9.53 Å². The molecule has 28 heavy (non-hydrogen) atoms. The summed E-state index contributed by atoms with van der Waals surface area (Å²) in [5, 5.41) is 3.98. The van der Waals surface area contributed by atoms with Gasteiger partial charge in [0.05, 0.1) is 18.5 Å². The van der Waals surface area contributed by atoms with Gasteiger partial charge in [-0.15, -0.1) is 0 Å². The minimum absolute atomic E-state index is 0.0515. The van der Waals surface area contributed by atoms with Crippen molar-refractivity contribution in [3.05, 3.63) is 76.1 Å². The second-order valence-electron chi connectivity index (χ2n) is 7.34. The van der Waals surface area contributed by atoms with Crippen LogP contribution in [-0.4, -0.2) is 24.5 Å². The summed E-state index contributed by atoms with van der Waals surface area (Å²) in [6.45, 7) is 0.444. The van der Waals surface area contributed by atoms with Crippen LogP contribution in [0.5, 0.6) is 5.75 Å². The van der Waals surface area contributed by atoms with Gasteiger partial charge in [0, 0.05) is 18.2 Å². The molecule has 1 saturated carbocycles. The fourth-order valence-corrected chi connectivity index (χ4v) is 3.70. The van der Waals surface area contributed by atoms with Gasteiger partial charge in [-0.05, 0) is 54.3 Å². The molecule has 2 aromatic carbocycles. The van der Waals surface area contributed by atoms with Crippen molar-refractivity contribution in [2.24, 2.45) is 5.92 Å². The predicted octanol–water partition coefficient (Wildman–Crippen LogP) is 3.39. The van der Waals surface area contributed by atoms with Gasteiger partial charge in [-0.1, -0.05) is 30.3 Å². The average Bonchev–Trinajstić information content (AvgIpc) is 3.54. The second-order valence-corrected chi connectivity index (χ2v) is 7.34. The molecule has 1 aliphatic rings. The Morgan fingerprint density at radius 2 is 1.96 bits per heavy atom. The molecule has 2 N–H and O–H groups in total. The number of hydrogen-bond donors (Lipinski definition) is 2. The molecular weight excluding hydrogens is 352 g/mol. The molecule has 1 unspecified atom stereocenters. The molecule has 144 valence electrons. The van der Waals surface area contributed by atoms with Crippen molar-refractivity contribution in [1.82, 2.24) is 10.3 Å². The minimum atomic E-state index is -0.128. The van der Waals surface area contributed by atoms with E-state index in [0.717, 1.165) is 29.3 Å². The lowest BCUT2D eigenvalue weighted by Crippen LogP contribution is -2.32. The third-order valence-electron chi connectivity index (χ3n) is 5.36. The Labute approximate surface area is 163 Å². The molecule has 1 amide bonds. The zero-order valence-electron chi connectivity index (χ0n) is 15.9. The van der Waals surface area contributed by atoms with E-state index in [4.69, 9.17) is 4.74 Å². The number of aromatic amines is 1. The average molecular weight is 376 g/mol. The van der Waals surface area contributed by atoms with E-state index in [1.165, 1.54) is 0 Å². The van der Waals surface area contributed by atoms with Gasteiger partial charge >= 0.3 is 0 Å². The molecule has 0 radical (unpaired) electrons. The first-order chi connectivity index (χ1) is 13.7. The molecular formula is C23H24N2O3. The Hall–Kier alpha value is -3.08. The van der Waals surface area contributed by atoms with Crippen molar-refractivity contribution in [3.63, 3.8) is 0 Å². The molecule has 5 heteroatoms. The smallest absolute Gasteiger partial charge is 0.251 e. The first-order valence-electron chi connectivity index (χ1n) is 9.68. The minimum Gasteiger partial charge on any atom is -0.497 e. The van der Waals surface area contributed by atoms with Crippen LogP contribution in [0.15, 0.2) is 59.4 Å². The first-order valence-corrected chi connectivity index (χ1v) is 9.68. The van der Waals surface area contributed by atoms with Gasteiger partial charge < -0.3 is 15.0 Å². The molecule has 1 heterocycles. The number of carbonyl (C=O) groups excluding carboxylic acids is 1. The molecule has 1 fully saturated rings. The molecule has 3 aromatic rings. The molecule has 5 nitrogen and oxygen atoms in total. The van der Waals surface area contributed by atoms with E-state index >= 15 is 0 Å². The van der Waals surface area contributed by atoms with Crippen LogP contribution < -0.4 is 15.6 Å². The fraction of sp³-hybridized carbons (Fsp3) is 0.304. The van der Waals surface area contributed by atoms with E-state index in [-0.39, 0.29) is 17.4 Å². The number of methoxy groups -OCH3 is 1. The second kappa shape index (κ2) is 7.89. The highest BCUT2D eigenvalue weighted by molar-refractivity contribution is 5.84. The number of aromatic nitrogens is 1. The van der Waals surface area contributed by atoms with E-state index in [1.54, 1.807) is 7.11 Å². The van der Waals surface area contributed by atoms with Gasteiger partial charge in [0.15, 0.2) is 0 Å². The van der Waals surface area contributed by atoms with Gasteiger partial charge in [0.25, 0.3) is 5.56 Å². The lowest BCUT2D eigenvalue weighted by atomic mass is 9.93. The maximum atomic E-state index is 12.8. The quantitative estimate of drug-likeness (QED) is 0.664. The fourth-order valence-electron chi connectivity index (χ4n) is 3.70. The summed E-state index contributed by atoms with van der Waals surface area (Å²) in [7, 11) is 1.60. The van der Waals surface area contributed by atoms with E-state index in [2.05, 4.69) is 10.3 Å². The van der Waals surface area contributed by atoms with Crippen molar-refractivity contribution in [1.29, 1.82) is 0 Å². The van der Waals surface area contributed by atoms with Crippen LogP contribution in [-0.2, 0) is 11.2 Å². The first kappa shape index (κ1) is 18.3. The van der Waals surface area contributed by atoms with Crippen LogP contribution in [0, 0.1) is 5.92 Å². The number of carbonyl (C=O) groups is 1. The highest BCUT2D eigenvalue weighted by atomic mass is 16.5. The number of amides is 1. The number of benzene rings is 2. The summed E-state index contributed by atoms with van der Waals surface area (Å²) in [4.78, 5) is 28.0. The van der Waals surface area contributed by atoms with Crippen LogP contribution >= 0.6 is 0 Å². The Bertz CT molecular complexity index is 1040. The summed E-state index contributed by atoms with van der Waals surface area (Å²) in [6, 6.07) is 17.4. The summed E-state index contributed by atoms with van der Waals surface area (Å²) in [6.07, 6.45) is 2.69. The highest BCUT2D eigenvalue weighted by Gasteiger charge is 2.36. The Balaban J connectivity index is 1.43. The monoisotopic (exact) mass is 376 g/mol. The van der Waals surface area contributed by atoms with Gasteiger partial charge in [-0.25, -0.2) is 0 Å². The van der Waals surface area contributed by atoms with Crippen molar-refractivity contribution >= 4 is 16.8 Å². The van der Waals surface area contributed by atoms with E-state index < -0.39 is 0 Å². The van der Waals surface area contributed by atoms with Gasteiger partial charge in [0.1, 0.15) is 5.75 Å². The van der Waals surface area contributed by atoms with Crippen LogP contribution in [0.4, 0.5) is 0 Å². The van der Waals surface area contributed by atoms with Crippen LogP contribution in [0.3, 0.4) is 0 Å². The SMILES string of the molecule is COc1ccc2cc(CCNC(=O)C(c3ccccc3)C3CC3)c(=O)[nH]c2c1. The largest absolute Gasteiger partial charge is 0.497 e. The number of rotatable bonds is 7. The molecule has 1 aliphatic carbocycles. The Morgan fingerprint density at radius 3 is 2.68 bits per heavy atom. The van der Waals surface area contributed by atoms with Gasteiger partial charge in [-0.2, -0.15) is 0 Å². The summed E-state index contributed by atoms with van der Waals surface area (Å²) in [5.74, 6) is 1.09. The number of nitrogens with one attached hydrogen (secondary N) is 2. The lowest BCUT2D eigenvalue weighted by molar-refractivity contribution is -0.123. The third kappa shape index (κ3) is 3.93. The topological polar surface area (TPSA) is 71.2 Å². The number of H-pyrrole nitrogens is 1. The standard InChI is InChI=1S/C23H24N2O3/c1-28-19-10-9-17-13-18(22(26)25-20(17)14-19)11-12-24-23(27)21(16-7-8-16)15-5-3-2-4-6-15/h2-6,9-10,13-14,16,21H,7-8,11-12H2,1H3,(H,24,27)(H,25,26). The van der Waals surface area contributed by atoms with Gasteiger partial charge in [0.2, 0.25) is 5.91 Å². The van der Waals surface area contributed by atoms with Gasteiger partial charge in [-0.3, -0.25) is 9.59 Å². The van der Waals surface area contributed by atoms with Crippen molar-refractivity contribution in [3.8, 4) is 5.75 Å². The molecule has 0 spiro atoms. The Morgan fingerprint density at radius 1 is 1.18 bits per heavy atom. The zero-order valence-corrected chi connectivity index (χ0v) is 15.9. The molecule has 1 aromatic heterocycles. The maximum Gasteiger partial charge on any atom is 0.251 e. The zero-order chi connectivity index (χ0) is 19.5. The van der Waals surface area contributed by atoms with Crippen LogP contribution in [0.1, 0.15) is 29.9 Å². The number of pyridine rings is 1. The molecule has 0 aliphatic heterocycles. The lowest BCUT2D eigenvalue weighted by Gasteiger charge is -2.16. The molecule has 4 rings (SSSR count). The summed E-state index contributed by atoms with van der Waals surface area (Å²) in [5.41, 5.74) is 2.35. The van der Waals surface area contributed by atoms with Crippen molar-refractivity contribution in [2.75, 3.05) is 13.7 Å².